The number of halogens is 3. The molecule has 0 bridgehead atoms. The molecule has 4 rings (SSSR count). The molecular formula is C18H16F3NO4S. The van der Waals surface area contributed by atoms with Gasteiger partial charge in [-0.25, -0.2) is 8.42 Å². The summed E-state index contributed by atoms with van der Waals surface area (Å²) in [5.74, 6) is -1.59. The Bertz CT molecular complexity index is 992. The largest absolute Gasteiger partial charge is 0.573 e. The van der Waals surface area contributed by atoms with Gasteiger partial charge in [0.2, 0.25) is 0 Å². The van der Waals surface area contributed by atoms with Crippen molar-refractivity contribution >= 4 is 15.6 Å². The lowest BCUT2D eigenvalue weighted by molar-refractivity contribution is -0.274. The number of hydrogen-bond donors (Lipinski definition) is 1. The summed E-state index contributed by atoms with van der Waals surface area (Å²) in [4.78, 5) is 12.7. The van der Waals surface area contributed by atoms with E-state index in [9.17, 15) is 26.4 Å². The van der Waals surface area contributed by atoms with Crippen LogP contribution in [-0.2, 0) is 14.6 Å². The first-order chi connectivity index (χ1) is 12.7. The molecule has 0 spiro atoms. The Morgan fingerprint density at radius 1 is 1.11 bits per heavy atom. The van der Waals surface area contributed by atoms with Gasteiger partial charge in [0.05, 0.1) is 16.6 Å². The molecule has 0 saturated heterocycles. The van der Waals surface area contributed by atoms with Gasteiger partial charge in [0.25, 0.3) is 0 Å². The molecule has 144 valence electrons. The Hall–Kier alpha value is -2.29. The van der Waals surface area contributed by atoms with Crippen LogP contribution in [0.15, 0.2) is 46.1 Å². The van der Waals surface area contributed by atoms with E-state index in [4.69, 9.17) is 0 Å². The summed E-state index contributed by atoms with van der Waals surface area (Å²) in [5, 5.41) is 3.10. The SMILES string of the molecule is O=C1CCCC2=C1C(c1cccc(OC(F)(F)F)c1)C1=C(CCS1(=O)=O)N2. The van der Waals surface area contributed by atoms with Gasteiger partial charge in [-0.15, -0.1) is 13.2 Å². The van der Waals surface area contributed by atoms with Crippen LogP contribution < -0.4 is 10.1 Å². The van der Waals surface area contributed by atoms with Gasteiger partial charge in [0, 0.05) is 29.8 Å². The number of dihydropyridines is 1. The van der Waals surface area contributed by atoms with E-state index in [1.54, 1.807) is 0 Å². The van der Waals surface area contributed by atoms with Crippen molar-refractivity contribution in [2.75, 3.05) is 5.75 Å². The summed E-state index contributed by atoms with van der Waals surface area (Å²) in [6.07, 6.45) is -3.00. The van der Waals surface area contributed by atoms with E-state index in [-0.39, 0.29) is 16.4 Å². The lowest BCUT2D eigenvalue weighted by Gasteiger charge is -2.33. The number of nitrogens with one attached hydrogen (secondary N) is 1. The Balaban J connectivity index is 1.87. The first kappa shape index (κ1) is 18.1. The molecule has 9 heteroatoms. The number of hydrogen-bond acceptors (Lipinski definition) is 5. The predicted molar refractivity (Wildman–Crippen MR) is 90.3 cm³/mol. The monoisotopic (exact) mass is 399 g/mol. The Morgan fingerprint density at radius 2 is 1.89 bits per heavy atom. The van der Waals surface area contributed by atoms with Crippen LogP contribution in [0.3, 0.4) is 0 Å². The van der Waals surface area contributed by atoms with Crippen molar-refractivity contribution in [1.29, 1.82) is 0 Å². The minimum Gasteiger partial charge on any atom is -0.406 e. The zero-order valence-corrected chi connectivity index (χ0v) is 14.9. The molecule has 2 aliphatic heterocycles. The molecule has 1 N–H and O–H groups in total. The maximum absolute atomic E-state index is 12.6. The van der Waals surface area contributed by atoms with E-state index < -0.39 is 27.9 Å². The quantitative estimate of drug-likeness (QED) is 0.826. The smallest absolute Gasteiger partial charge is 0.406 e. The number of sulfone groups is 1. The van der Waals surface area contributed by atoms with Gasteiger partial charge in [0.15, 0.2) is 15.6 Å². The molecule has 0 fully saturated rings. The molecule has 0 radical (unpaired) electrons. The van der Waals surface area contributed by atoms with E-state index in [0.717, 1.165) is 12.1 Å². The van der Waals surface area contributed by atoms with Gasteiger partial charge < -0.3 is 10.1 Å². The fraction of sp³-hybridized carbons (Fsp3) is 0.389. The van der Waals surface area contributed by atoms with Crippen LogP contribution in [0.25, 0.3) is 0 Å². The molecule has 1 aliphatic carbocycles. The summed E-state index contributed by atoms with van der Waals surface area (Å²) in [6, 6.07) is 5.21. The number of ether oxygens (including phenoxy) is 1. The molecule has 1 aromatic carbocycles. The first-order valence-corrected chi connectivity index (χ1v) is 10.2. The standard InChI is InChI=1S/C18H16F3NO4S/c19-18(20,21)26-11-4-1-3-10(9-11)15-16-12(5-2-6-14(16)23)22-13-7-8-27(24,25)17(13)15/h1,3-4,9,15,22H,2,5-8H2. The Morgan fingerprint density at radius 3 is 2.63 bits per heavy atom. The average molecular weight is 399 g/mol. The number of carbonyl (C=O) groups excluding carboxylic acids is 1. The van der Waals surface area contributed by atoms with Gasteiger partial charge in [-0.05, 0) is 30.5 Å². The maximum Gasteiger partial charge on any atom is 0.573 e. The van der Waals surface area contributed by atoms with Gasteiger partial charge in [0.1, 0.15) is 5.75 Å². The van der Waals surface area contributed by atoms with Crippen molar-refractivity contribution in [2.24, 2.45) is 0 Å². The molecular weight excluding hydrogens is 383 g/mol. The van der Waals surface area contributed by atoms with Crippen LogP contribution in [0.5, 0.6) is 5.75 Å². The Kier molecular flexibility index (Phi) is 4.10. The molecule has 1 atom stereocenters. The molecule has 0 amide bonds. The molecule has 27 heavy (non-hydrogen) atoms. The van der Waals surface area contributed by atoms with Crippen LogP contribution in [-0.4, -0.2) is 26.3 Å². The predicted octanol–water partition coefficient (Wildman–Crippen LogP) is 3.31. The molecule has 0 saturated carbocycles. The third kappa shape index (κ3) is 3.24. The van der Waals surface area contributed by atoms with Crippen molar-refractivity contribution in [3.05, 3.63) is 51.7 Å². The molecule has 0 aromatic heterocycles. The molecule has 1 aromatic rings. The van der Waals surface area contributed by atoms with Crippen LogP contribution in [0.4, 0.5) is 13.2 Å². The first-order valence-electron chi connectivity index (χ1n) is 8.50. The number of rotatable bonds is 2. The minimum atomic E-state index is -4.86. The lowest BCUT2D eigenvalue weighted by Crippen LogP contribution is -2.32. The van der Waals surface area contributed by atoms with E-state index in [1.807, 2.05) is 0 Å². The van der Waals surface area contributed by atoms with Crippen LogP contribution >= 0.6 is 0 Å². The van der Waals surface area contributed by atoms with Gasteiger partial charge in [-0.3, -0.25) is 4.79 Å². The second-order valence-corrected chi connectivity index (χ2v) is 8.84. The van der Waals surface area contributed by atoms with Crippen molar-refractivity contribution in [1.82, 2.24) is 5.32 Å². The van der Waals surface area contributed by atoms with Crippen LogP contribution in [0, 0.1) is 0 Å². The van der Waals surface area contributed by atoms with Crippen molar-refractivity contribution in [3.63, 3.8) is 0 Å². The number of benzene rings is 1. The maximum atomic E-state index is 12.6. The third-order valence-corrected chi connectivity index (χ3v) is 6.88. The summed E-state index contributed by atoms with van der Waals surface area (Å²) in [6.45, 7) is 0. The van der Waals surface area contributed by atoms with E-state index in [2.05, 4.69) is 10.1 Å². The fourth-order valence-electron chi connectivity index (χ4n) is 3.99. The number of allylic oxidation sites excluding steroid dienone is 4. The highest BCUT2D eigenvalue weighted by atomic mass is 32.2. The third-order valence-electron chi connectivity index (χ3n) is 4.99. The highest BCUT2D eigenvalue weighted by Gasteiger charge is 2.44. The molecule has 1 unspecified atom stereocenters. The molecule has 3 aliphatic rings. The summed E-state index contributed by atoms with van der Waals surface area (Å²) < 4.78 is 67.0. The summed E-state index contributed by atoms with van der Waals surface area (Å²) >= 11 is 0. The minimum absolute atomic E-state index is 0.0747. The Labute approximate surface area is 153 Å². The zero-order chi connectivity index (χ0) is 19.4. The highest BCUT2D eigenvalue weighted by molar-refractivity contribution is 7.95. The lowest BCUT2D eigenvalue weighted by atomic mass is 9.79. The summed E-state index contributed by atoms with van der Waals surface area (Å²) in [7, 11) is -3.60. The zero-order valence-electron chi connectivity index (χ0n) is 14.1. The second kappa shape index (κ2) is 6.12. The van der Waals surface area contributed by atoms with Gasteiger partial charge in [-0.1, -0.05) is 12.1 Å². The van der Waals surface area contributed by atoms with E-state index in [1.165, 1.54) is 12.1 Å². The number of carbonyl (C=O) groups is 1. The van der Waals surface area contributed by atoms with Crippen molar-refractivity contribution in [2.45, 2.75) is 38.0 Å². The van der Waals surface area contributed by atoms with Crippen molar-refractivity contribution in [3.8, 4) is 5.75 Å². The van der Waals surface area contributed by atoms with E-state index >= 15 is 0 Å². The van der Waals surface area contributed by atoms with Crippen molar-refractivity contribution < 1.29 is 31.1 Å². The fourth-order valence-corrected chi connectivity index (χ4v) is 5.82. The molecule has 5 nitrogen and oxygen atoms in total. The number of ketones is 1. The van der Waals surface area contributed by atoms with Crippen LogP contribution in [0.2, 0.25) is 0 Å². The van der Waals surface area contributed by atoms with Crippen LogP contribution in [0.1, 0.15) is 37.2 Å². The topological polar surface area (TPSA) is 72.5 Å². The normalized spacial score (nSPS) is 24.4. The second-order valence-electron chi connectivity index (χ2n) is 6.76. The number of alkyl halides is 3. The average Bonchev–Trinajstić information content (AvgIpc) is 2.87. The summed E-state index contributed by atoms with van der Waals surface area (Å²) in [5.41, 5.74) is 1.86. The molecule has 2 heterocycles. The highest BCUT2D eigenvalue weighted by Crippen LogP contribution is 2.47. The van der Waals surface area contributed by atoms with E-state index in [0.29, 0.717) is 48.2 Å². The van der Waals surface area contributed by atoms with Gasteiger partial charge >= 0.3 is 6.36 Å². The number of Topliss-reactive ketones (excluding diaryl/α,β-unsaturated/α-hetero) is 1. The van der Waals surface area contributed by atoms with Gasteiger partial charge in [-0.2, -0.15) is 0 Å².